The Hall–Kier alpha value is -3.51. The normalized spacial score (nSPS) is 16.2. The van der Waals surface area contributed by atoms with Gasteiger partial charge in [0.05, 0.1) is 11.1 Å². The minimum absolute atomic E-state index is 0.00860. The van der Waals surface area contributed by atoms with Crippen LogP contribution in [-0.2, 0) is 0 Å². The van der Waals surface area contributed by atoms with Crippen molar-refractivity contribution >= 4 is 0 Å². The van der Waals surface area contributed by atoms with Gasteiger partial charge in [0.1, 0.15) is 43.2 Å². The maximum absolute atomic E-state index is 9.68. The van der Waals surface area contributed by atoms with E-state index >= 15 is 0 Å². The lowest BCUT2D eigenvalue weighted by Gasteiger charge is -2.17. The summed E-state index contributed by atoms with van der Waals surface area (Å²) in [5.74, 6) is 1.35. The van der Waals surface area contributed by atoms with E-state index in [4.69, 9.17) is 4.74 Å². The summed E-state index contributed by atoms with van der Waals surface area (Å²) in [5.41, 5.74) is 1.65. The van der Waals surface area contributed by atoms with Gasteiger partial charge in [0.15, 0.2) is 11.6 Å². The largest absolute Gasteiger partial charge is 0.487 e. The second-order valence-electron chi connectivity index (χ2n) is 5.67. The fraction of sp³-hybridized carbons (Fsp3) is 0.235. The zero-order chi connectivity index (χ0) is 17.8. The number of hydrogen-bond acceptors (Lipinski definition) is 9. The maximum Gasteiger partial charge on any atom is 0.166 e. The van der Waals surface area contributed by atoms with Crippen LogP contribution < -0.4 is 10.1 Å². The van der Waals surface area contributed by atoms with Gasteiger partial charge < -0.3 is 10.1 Å². The molecule has 0 radical (unpaired) electrons. The molecule has 128 valence electrons. The summed E-state index contributed by atoms with van der Waals surface area (Å²) in [6.45, 7) is 1.62. The van der Waals surface area contributed by atoms with Crippen molar-refractivity contribution in [3.8, 4) is 34.6 Å². The third-order valence-electron chi connectivity index (χ3n) is 3.99. The maximum atomic E-state index is 9.68. The van der Waals surface area contributed by atoms with E-state index in [-0.39, 0.29) is 6.10 Å². The van der Waals surface area contributed by atoms with Crippen LogP contribution in [0.15, 0.2) is 37.4 Å². The Morgan fingerprint density at radius 1 is 1.00 bits per heavy atom. The topological polar surface area (TPSA) is 122 Å². The Morgan fingerprint density at radius 3 is 2.31 bits per heavy atom. The quantitative estimate of drug-likeness (QED) is 0.737. The summed E-state index contributed by atoms with van der Waals surface area (Å²) < 4.78 is 6.14. The zero-order valence-corrected chi connectivity index (χ0v) is 13.7. The average Bonchev–Trinajstić information content (AvgIpc) is 3.22. The highest BCUT2D eigenvalue weighted by Crippen LogP contribution is 2.36. The van der Waals surface area contributed by atoms with Gasteiger partial charge in [-0.1, -0.05) is 0 Å². The Bertz CT molecular complexity index is 936. The molecule has 1 saturated heterocycles. The van der Waals surface area contributed by atoms with E-state index in [0.717, 1.165) is 19.5 Å². The molecule has 0 aliphatic carbocycles. The van der Waals surface area contributed by atoms with Crippen LogP contribution in [0.3, 0.4) is 0 Å². The molecule has 4 rings (SSSR count). The SMILES string of the molecule is N#Cc1cc(-c2ncncn2)cc(-c2ncncn2)c1OC1CCNC1. The van der Waals surface area contributed by atoms with E-state index in [0.29, 0.717) is 34.1 Å². The molecule has 0 saturated carbocycles. The Labute approximate surface area is 149 Å². The van der Waals surface area contributed by atoms with Gasteiger partial charge in [-0.05, 0) is 25.1 Å². The Morgan fingerprint density at radius 2 is 1.69 bits per heavy atom. The molecule has 0 amide bonds. The molecule has 3 aromatic rings. The van der Waals surface area contributed by atoms with Crippen molar-refractivity contribution in [1.29, 1.82) is 5.26 Å². The number of aromatic nitrogens is 6. The number of ether oxygens (including phenoxy) is 1. The van der Waals surface area contributed by atoms with Crippen molar-refractivity contribution in [3.63, 3.8) is 0 Å². The van der Waals surface area contributed by atoms with E-state index in [1.54, 1.807) is 6.07 Å². The number of benzene rings is 1. The lowest BCUT2D eigenvalue weighted by molar-refractivity contribution is 0.223. The van der Waals surface area contributed by atoms with Crippen LogP contribution in [0.5, 0.6) is 5.75 Å². The van der Waals surface area contributed by atoms with Gasteiger partial charge in [0.25, 0.3) is 0 Å². The van der Waals surface area contributed by atoms with E-state index in [1.807, 2.05) is 6.07 Å². The van der Waals surface area contributed by atoms with Crippen molar-refractivity contribution in [3.05, 3.63) is 43.0 Å². The molecule has 2 aromatic heterocycles. The molecule has 1 unspecified atom stereocenters. The van der Waals surface area contributed by atoms with Crippen LogP contribution in [0.1, 0.15) is 12.0 Å². The number of rotatable bonds is 4. The van der Waals surface area contributed by atoms with Gasteiger partial charge in [-0.25, -0.2) is 29.9 Å². The molecule has 9 nitrogen and oxygen atoms in total. The van der Waals surface area contributed by atoms with Gasteiger partial charge in [-0.15, -0.1) is 0 Å². The van der Waals surface area contributed by atoms with Crippen LogP contribution in [0, 0.1) is 11.3 Å². The van der Waals surface area contributed by atoms with Gasteiger partial charge in [0.2, 0.25) is 0 Å². The molecule has 0 spiro atoms. The Balaban J connectivity index is 1.87. The molecule has 1 atom stereocenters. The fourth-order valence-corrected chi connectivity index (χ4v) is 2.80. The molecule has 9 heteroatoms. The number of nitrogens with one attached hydrogen (secondary N) is 1. The fourth-order valence-electron chi connectivity index (χ4n) is 2.80. The first-order chi connectivity index (χ1) is 12.8. The zero-order valence-electron chi connectivity index (χ0n) is 13.7. The molecular formula is C17H14N8O. The van der Waals surface area contributed by atoms with Gasteiger partial charge in [-0.3, -0.25) is 0 Å². The molecule has 3 heterocycles. The Kier molecular flexibility index (Phi) is 4.40. The van der Waals surface area contributed by atoms with Crippen LogP contribution in [-0.4, -0.2) is 49.1 Å². The van der Waals surface area contributed by atoms with Crippen LogP contribution in [0.2, 0.25) is 0 Å². The second-order valence-corrected chi connectivity index (χ2v) is 5.67. The van der Waals surface area contributed by atoms with E-state index in [1.165, 1.54) is 25.3 Å². The number of nitrogens with zero attached hydrogens (tertiary/aromatic N) is 7. The number of nitriles is 1. The molecule has 1 aromatic carbocycles. The standard InChI is InChI=1S/C17H14N8O/c18-5-12-3-11(16-22-7-20-8-23-16)4-14(17-24-9-21-10-25-17)15(12)26-13-1-2-19-6-13/h3-4,7-10,13,19H,1-2,6H2. The summed E-state index contributed by atoms with van der Waals surface area (Å²) in [7, 11) is 0. The van der Waals surface area contributed by atoms with Crippen molar-refractivity contribution in [2.24, 2.45) is 0 Å². The first kappa shape index (κ1) is 16.0. The van der Waals surface area contributed by atoms with Crippen molar-refractivity contribution in [1.82, 2.24) is 35.2 Å². The average molecular weight is 346 g/mol. The first-order valence-corrected chi connectivity index (χ1v) is 8.05. The molecule has 1 fully saturated rings. The van der Waals surface area contributed by atoms with E-state index in [2.05, 4.69) is 41.3 Å². The molecule has 1 N–H and O–H groups in total. The third kappa shape index (κ3) is 3.18. The van der Waals surface area contributed by atoms with Crippen LogP contribution in [0.25, 0.3) is 22.8 Å². The lowest BCUT2D eigenvalue weighted by atomic mass is 10.0. The molecule has 0 bridgehead atoms. The third-order valence-corrected chi connectivity index (χ3v) is 3.99. The molecular weight excluding hydrogens is 332 g/mol. The predicted molar refractivity (Wildman–Crippen MR) is 90.7 cm³/mol. The smallest absolute Gasteiger partial charge is 0.166 e. The van der Waals surface area contributed by atoms with Gasteiger partial charge in [-0.2, -0.15) is 5.26 Å². The van der Waals surface area contributed by atoms with E-state index < -0.39 is 0 Å². The van der Waals surface area contributed by atoms with Gasteiger partial charge in [0, 0.05) is 12.1 Å². The summed E-state index contributed by atoms with van der Waals surface area (Å²) in [5, 5.41) is 12.9. The van der Waals surface area contributed by atoms with Gasteiger partial charge >= 0.3 is 0 Å². The summed E-state index contributed by atoms with van der Waals surface area (Å²) in [4.78, 5) is 24.4. The molecule has 26 heavy (non-hydrogen) atoms. The molecule has 1 aliphatic rings. The van der Waals surface area contributed by atoms with Crippen LogP contribution in [0.4, 0.5) is 0 Å². The molecule has 1 aliphatic heterocycles. The minimum Gasteiger partial charge on any atom is -0.487 e. The minimum atomic E-state index is -0.00860. The number of hydrogen-bond donors (Lipinski definition) is 1. The summed E-state index contributed by atoms with van der Waals surface area (Å²) in [6, 6.07) is 5.73. The lowest BCUT2D eigenvalue weighted by Crippen LogP contribution is -2.20. The second kappa shape index (κ2) is 7.16. The van der Waals surface area contributed by atoms with Crippen molar-refractivity contribution in [2.75, 3.05) is 13.1 Å². The van der Waals surface area contributed by atoms with Crippen molar-refractivity contribution in [2.45, 2.75) is 12.5 Å². The first-order valence-electron chi connectivity index (χ1n) is 8.05. The highest BCUT2D eigenvalue weighted by Gasteiger charge is 2.23. The van der Waals surface area contributed by atoms with E-state index in [9.17, 15) is 5.26 Å². The van der Waals surface area contributed by atoms with Crippen molar-refractivity contribution < 1.29 is 4.74 Å². The predicted octanol–water partition coefficient (Wildman–Crippen LogP) is 1.00. The highest BCUT2D eigenvalue weighted by atomic mass is 16.5. The summed E-state index contributed by atoms with van der Waals surface area (Å²) >= 11 is 0. The van der Waals surface area contributed by atoms with Crippen LogP contribution >= 0.6 is 0 Å². The summed E-state index contributed by atoms with van der Waals surface area (Å²) in [6.07, 6.45) is 6.50. The monoisotopic (exact) mass is 346 g/mol. The highest BCUT2D eigenvalue weighted by molar-refractivity contribution is 5.76.